The van der Waals surface area contributed by atoms with Gasteiger partial charge >= 0.3 is 103 Å². The van der Waals surface area contributed by atoms with Crippen molar-refractivity contribution in [2.45, 2.75) is 4.90 Å². The van der Waals surface area contributed by atoms with Crippen LogP contribution in [0.25, 0.3) is 46.0 Å². The van der Waals surface area contributed by atoms with E-state index in [0.29, 0.717) is 22.6 Å². The quantitative estimate of drug-likeness (QED) is 0.0977. The average Bonchev–Trinajstić information content (AvgIpc) is 3.68. The fourth-order valence-electron chi connectivity index (χ4n) is 4.10. The molecule has 6 aromatic rings. The third kappa shape index (κ3) is 7.77. The Kier molecular flexibility index (Phi) is 11.5. The van der Waals surface area contributed by atoms with Gasteiger partial charge in [-0.2, -0.15) is 30.5 Å². The second-order valence-electron chi connectivity index (χ2n) is 8.78. The molecule has 0 amide bonds. The number of hydrogen-bond donors (Lipinski definition) is 0. The zero-order valence-electron chi connectivity index (χ0n) is 22.9. The van der Waals surface area contributed by atoms with Crippen LogP contribution in [0.3, 0.4) is 0 Å². The van der Waals surface area contributed by atoms with Gasteiger partial charge < -0.3 is 4.55 Å². The van der Waals surface area contributed by atoms with E-state index >= 15 is 0 Å². The normalized spacial score (nSPS) is 11.2. The van der Waals surface area contributed by atoms with Gasteiger partial charge in [-0.15, -0.1) is 35.4 Å². The Labute approximate surface area is 328 Å². The predicted octanol–water partition coefficient (Wildman–Crippen LogP) is -0.935. The number of aromatic nitrogens is 6. The van der Waals surface area contributed by atoms with Crippen molar-refractivity contribution in [2.75, 3.05) is 0 Å². The Bertz CT molecular complexity index is 1930. The van der Waals surface area contributed by atoms with Crippen LogP contribution in [0.5, 0.6) is 0 Å². The van der Waals surface area contributed by atoms with Crippen LogP contribution in [0, 0.1) is 6.07 Å². The summed E-state index contributed by atoms with van der Waals surface area (Å²) in [6.45, 7) is 0. The molecule has 12 heteroatoms. The molecule has 0 saturated carbocycles. The number of benzene rings is 4. The molecule has 0 radical (unpaired) electrons. The van der Waals surface area contributed by atoms with Gasteiger partial charge in [-0.25, -0.2) is 8.42 Å². The average molecular weight is 623 g/mol. The Morgan fingerprint density at radius 2 is 1.24 bits per heavy atom. The summed E-state index contributed by atoms with van der Waals surface area (Å²) < 4.78 is 36.4. The van der Waals surface area contributed by atoms with Crippen molar-refractivity contribution in [1.29, 1.82) is 0 Å². The van der Waals surface area contributed by atoms with Gasteiger partial charge in [0, 0.05) is 16.8 Å². The Morgan fingerprint density at radius 1 is 0.690 bits per heavy atom. The van der Waals surface area contributed by atoms with Gasteiger partial charge in [-0.05, 0) is 17.7 Å². The fraction of sp³-hybridized carbons (Fsp3) is 0. The van der Waals surface area contributed by atoms with E-state index in [2.05, 4.69) is 26.5 Å². The summed E-state index contributed by atoms with van der Waals surface area (Å²) in [6, 6.07) is 32.2. The first kappa shape index (κ1) is 33.0. The summed E-state index contributed by atoms with van der Waals surface area (Å²) in [7, 11) is -4.78. The molecule has 0 unspecified atom stereocenters. The van der Waals surface area contributed by atoms with E-state index in [9.17, 15) is 13.0 Å². The molecule has 0 fully saturated rings. The van der Waals surface area contributed by atoms with Crippen molar-refractivity contribution in [3.63, 3.8) is 0 Å². The molecule has 0 spiro atoms. The molecular formula is C30H20K2N6O3S. The van der Waals surface area contributed by atoms with Crippen LogP contribution in [0.2, 0.25) is 0 Å². The van der Waals surface area contributed by atoms with E-state index < -0.39 is 10.1 Å². The molecule has 42 heavy (non-hydrogen) atoms. The van der Waals surface area contributed by atoms with Gasteiger partial charge in [0.2, 0.25) is 0 Å². The molecule has 0 aliphatic heterocycles. The number of nitrogens with zero attached hydrogens (tertiary/aromatic N) is 6. The maximum Gasteiger partial charge on any atom is 1.00 e. The van der Waals surface area contributed by atoms with Crippen LogP contribution in [0.4, 0.5) is 0 Å². The minimum Gasteiger partial charge on any atom is -0.744 e. The maximum atomic E-state index is 12.1. The van der Waals surface area contributed by atoms with Crippen LogP contribution >= 0.6 is 0 Å². The molecule has 0 bridgehead atoms. The van der Waals surface area contributed by atoms with Crippen molar-refractivity contribution in [1.82, 2.24) is 30.0 Å². The zero-order valence-corrected chi connectivity index (χ0v) is 29.9. The van der Waals surface area contributed by atoms with E-state index in [4.69, 9.17) is 0 Å². The molecule has 0 aliphatic rings. The first-order chi connectivity index (χ1) is 19.4. The third-order valence-electron chi connectivity index (χ3n) is 6.11. The van der Waals surface area contributed by atoms with E-state index in [1.54, 1.807) is 48.8 Å². The van der Waals surface area contributed by atoms with Gasteiger partial charge in [0.1, 0.15) is 21.5 Å². The maximum absolute atomic E-state index is 12.1. The van der Waals surface area contributed by atoms with Gasteiger partial charge in [0.05, 0.1) is 23.0 Å². The minimum atomic E-state index is -4.78. The van der Waals surface area contributed by atoms with E-state index in [-0.39, 0.29) is 113 Å². The molecule has 0 atom stereocenters. The summed E-state index contributed by atoms with van der Waals surface area (Å²) in [5.74, 6) is 0. The SMILES string of the molecule is O=S(=O)([O-])c1cc(-n2ncc(-c3ccccc3)n2)ccc1C=Cc1[c-]cc(-n2ncc(-c3ccccc3)n2)cc1.[K+].[K+]. The molecule has 4 aromatic carbocycles. The fourth-order valence-corrected chi connectivity index (χ4v) is 4.79. The standard InChI is InChI=1S/C30H21N6O3S.2K/c37-40(38,39)30-19-27(36-32-21-29(34-36)24-9-5-2-6-10-24)18-15-25(30)14-11-22-12-16-26(17-13-22)35-31-20-28(33-35)23-7-3-1-4-8-23;;/h1-12,14-21H,(H,37,38,39);;/q-1;2*+1/p-1. The first-order valence-corrected chi connectivity index (χ1v) is 13.6. The smallest absolute Gasteiger partial charge is 0.744 e. The van der Waals surface area contributed by atoms with Gasteiger partial charge in [0.25, 0.3) is 0 Å². The number of rotatable bonds is 7. The Morgan fingerprint density at radius 3 is 1.76 bits per heavy atom. The molecule has 2 heterocycles. The van der Waals surface area contributed by atoms with Gasteiger partial charge in [0.15, 0.2) is 0 Å². The summed E-state index contributed by atoms with van der Waals surface area (Å²) >= 11 is 0. The molecule has 0 aliphatic carbocycles. The first-order valence-electron chi connectivity index (χ1n) is 12.2. The summed E-state index contributed by atoms with van der Waals surface area (Å²) in [5.41, 5.74) is 5.20. The van der Waals surface area contributed by atoms with Crippen LogP contribution < -0.4 is 103 Å². The van der Waals surface area contributed by atoms with Crippen LogP contribution in [0.1, 0.15) is 11.1 Å². The molecule has 0 N–H and O–H groups in total. The second kappa shape index (κ2) is 14.7. The molecule has 0 saturated heterocycles. The summed E-state index contributed by atoms with van der Waals surface area (Å²) in [5, 5.41) is 17.5. The molecule has 196 valence electrons. The third-order valence-corrected chi connectivity index (χ3v) is 7.01. The van der Waals surface area contributed by atoms with Crippen LogP contribution in [-0.4, -0.2) is 43.0 Å². The van der Waals surface area contributed by atoms with Crippen molar-refractivity contribution < 1.29 is 116 Å². The summed E-state index contributed by atoms with van der Waals surface area (Å²) in [6.07, 6.45) is 6.51. The van der Waals surface area contributed by atoms with E-state index in [1.807, 2.05) is 66.7 Å². The van der Waals surface area contributed by atoms with Crippen molar-refractivity contribution in [3.8, 4) is 33.9 Å². The van der Waals surface area contributed by atoms with E-state index in [0.717, 1.165) is 16.8 Å². The molecule has 9 nitrogen and oxygen atoms in total. The molecule has 2 aromatic heterocycles. The van der Waals surface area contributed by atoms with Gasteiger partial charge in [-0.3, -0.25) is 0 Å². The topological polar surface area (TPSA) is 119 Å². The van der Waals surface area contributed by atoms with Crippen LogP contribution in [0.15, 0.2) is 114 Å². The van der Waals surface area contributed by atoms with Gasteiger partial charge in [-0.1, -0.05) is 72.8 Å². The zero-order chi connectivity index (χ0) is 27.5. The largest absolute Gasteiger partial charge is 1.00 e. The predicted molar refractivity (Wildman–Crippen MR) is 149 cm³/mol. The van der Waals surface area contributed by atoms with Crippen molar-refractivity contribution in [2.24, 2.45) is 0 Å². The van der Waals surface area contributed by atoms with Crippen molar-refractivity contribution >= 4 is 22.3 Å². The second-order valence-corrected chi connectivity index (χ2v) is 10.1. The Hall–Kier alpha value is -1.92. The van der Waals surface area contributed by atoms with Crippen LogP contribution in [-0.2, 0) is 10.1 Å². The minimum absolute atomic E-state index is 0. The number of hydrogen-bond acceptors (Lipinski definition) is 7. The Balaban J connectivity index is 0.00000202. The van der Waals surface area contributed by atoms with Crippen molar-refractivity contribution in [3.05, 3.63) is 127 Å². The van der Waals surface area contributed by atoms with E-state index in [1.165, 1.54) is 15.7 Å². The monoisotopic (exact) mass is 622 g/mol. The molecular weight excluding hydrogens is 603 g/mol. The summed E-state index contributed by atoms with van der Waals surface area (Å²) in [4.78, 5) is 2.44. The molecule has 6 rings (SSSR count).